The number of nitrogens with one attached hydrogen (secondary N) is 2. The van der Waals surface area contributed by atoms with Crippen molar-refractivity contribution in [3.8, 4) is 0 Å². The van der Waals surface area contributed by atoms with Crippen LogP contribution in [0.2, 0.25) is 0 Å². The van der Waals surface area contributed by atoms with E-state index in [0.29, 0.717) is 22.5 Å². The third-order valence-corrected chi connectivity index (χ3v) is 4.41. The second-order valence-electron chi connectivity index (χ2n) is 7.22. The van der Waals surface area contributed by atoms with E-state index >= 15 is 0 Å². The molecular formula is C22H26N2O6. The minimum absolute atomic E-state index is 0.0759. The summed E-state index contributed by atoms with van der Waals surface area (Å²) < 4.78 is 10.5. The minimum Gasteiger partial charge on any atom is -0.459 e. The van der Waals surface area contributed by atoms with Crippen molar-refractivity contribution >= 4 is 29.3 Å². The Morgan fingerprint density at radius 3 is 2.20 bits per heavy atom. The average molecular weight is 414 g/mol. The van der Waals surface area contributed by atoms with Gasteiger partial charge in [0.2, 0.25) is 0 Å². The first-order valence-electron chi connectivity index (χ1n) is 9.54. The lowest BCUT2D eigenvalue weighted by molar-refractivity contribution is -0.123. The SMILES string of the molecule is CC(=O)c1ccccc1NC(=O)C(C)OC(=O)c1[nH]c(C)c(C(=O)OC(C)C)c1C. The maximum absolute atomic E-state index is 12.6. The second-order valence-corrected chi connectivity index (χ2v) is 7.22. The monoisotopic (exact) mass is 414 g/mol. The highest BCUT2D eigenvalue weighted by Gasteiger charge is 2.27. The van der Waals surface area contributed by atoms with Gasteiger partial charge in [-0.1, -0.05) is 12.1 Å². The number of hydrogen-bond acceptors (Lipinski definition) is 6. The molecule has 2 aromatic rings. The Labute approximate surface area is 175 Å². The van der Waals surface area contributed by atoms with Gasteiger partial charge in [-0.05, 0) is 59.2 Å². The Hall–Kier alpha value is -3.42. The van der Waals surface area contributed by atoms with Crippen molar-refractivity contribution in [1.82, 2.24) is 4.98 Å². The zero-order valence-corrected chi connectivity index (χ0v) is 17.9. The molecule has 1 aromatic carbocycles. The van der Waals surface area contributed by atoms with E-state index in [0.717, 1.165) is 0 Å². The first kappa shape index (κ1) is 22.9. The van der Waals surface area contributed by atoms with E-state index in [2.05, 4.69) is 10.3 Å². The predicted octanol–water partition coefficient (Wildman–Crippen LogP) is 3.58. The Kier molecular flexibility index (Phi) is 7.15. The van der Waals surface area contributed by atoms with Crippen LogP contribution in [-0.4, -0.2) is 40.8 Å². The quantitative estimate of drug-likeness (QED) is 0.529. The Bertz CT molecular complexity index is 990. The number of aromatic nitrogens is 1. The molecule has 8 heteroatoms. The van der Waals surface area contributed by atoms with Crippen LogP contribution in [0.5, 0.6) is 0 Å². The molecule has 0 spiro atoms. The second kappa shape index (κ2) is 9.39. The van der Waals surface area contributed by atoms with Crippen LogP contribution in [0.3, 0.4) is 0 Å². The lowest BCUT2D eigenvalue weighted by atomic mass is 10.1. The number of H-pyrrole nitrogens is 1. The highest BCUT2D eigenvalue weighted by Crippen LogP contribution is 2.21. The number of carbonyl (C=O) groups is 4. The molecule has 0 fully saturated rings. The lowest BCUT2D eigenvalue weighted by Gasteiger charge is -2.15. The number of ketones is 1. The number of para-hydroxylation sites is 1. The van der Waals surface area contributed by atoms with Crippen LogP contribution < -0.4 is 5.32 Å². The van der Waals surface area contributed by atoms with Crippen LogP contribution in [0, 0.1) is 13.8 Å². The average Bonchev–Trinajstić information content (AvgIpc) is 2.95. The molecular weight excluding hydrogens is 388 g/mol. The summed E-state index contributed by atoms with van der Waals surface area (Å²) in [6.07, 6.45) is -1.44. The van der Waals surface area contributed by atoms with Gasteiger partial charge in [-0.3, -0.25) is 9.59 Å². The molecule has 0 bridgehead atoms. The number of esters is 2. The molecule has 8 nitrogen and oxygen atoms in total. The van der Waals surface area contributed by atoms with Crippen molar-refractivity contribution < 1.29 is 28.7 Å². The normalized spacial score (nSPS) is 11.7. The molecule has 0 saturated heterocycles. The molecule has 30 heavy (non-hydrogen) atoms. The molecule has 0 aliphatic carbocycles. The van der Waals surface area contributed by atoms with Crippen LogP contribution in [0.25, 0.3) is 0 Å². The zero-order valence-electron chi connectivity index (χ0n) is 17.9. The van der Waals surface area contributed by atoms with Crippen molar-refractivity contribution in [3.05, 3.63) is 52.3 Å². The maximum atomic E-state index is 12.6. The molecule has 1 atom stereocenters. The van der Waals surface area contributed by atoms with Gasteiger partial charge in [0, 0.05) is 11.3 Å². The first-order chi connectivity index (χ1) is 14.0. The minimum atomic E-state index is -1.13. The summed E-state index contributed by atoms with van der Waals surface area (Å²) in [7, 11) is 0. The van der Waals surface area contributed by atoms with Gasteiger partial charge in [0.15, 0.2) is 11.9 Å². The summed E-state index contributed by atoms with van der Waals surface area (Å²) in [5.41, 5.74) is 1.89. The van der Waals surface area contributed by atoms with Gasteiger partial charge < -0.3 is 19.8 Å². The summed E-state index contributed by atoms with van der Waals surface area (Å²) in [6.45, 7) is 9.53. The topological polar surface area (TPSA) is 115 Å². The van der Waals surface area contributed by atoms with Crippen LogP contribution in [0.15, 0.2) is 24.3 Å². The molecule has 160 valence electrons. The van der Waals surface area contributed by atoms with E-state index in [9.17, 15) is 19.2 Å². The fourth-order valence-electron chi connectivity index (χ4n) is 2.94. The highest BCUT2D eigenvalue weighted by molar-refractivity contribution is 6.05. The van der Waals surface area contributed by atoms with Crippen molar-refractivity contribution in [2.45, 2.75) is 53.8 Å². The van der Waals surface area contributed by atoms with Gasteiger partial charge in [0.05, 0.1) is 17.4 Å². The van der Waals surface area contributed by atoms with Gasteiger partial charge in [-0.15, -0.1) is 0 Å². The van der Waals surface area contributed by atoms with Crippen LogP contribution in [-0.2, 0) is 14.3 Å². The van der Waals surface area contributed by atoms with Gasteiger partial charge in [0.25, 0.3) is 5.91 Å². The van der Waals surface area contributed by atoms with Gasteiger partial charge in [0.1, 0.15) is 5.69 Å². The molecule has 0 aliphatic rings. The summed E-state index contributed by atoms with van der Waals surface area (Å²) in [5.74, 6) is -2.10. The molecule has 0 aliphatic heterocycles. The smallest absolute Gasteiger partial charge is 0.355 e. The fraction of sp³-hybridized carbons (Fsp3) is 0.364. The predicted molar refractivity (Wildman–Crippen MR) is 111 cm³/mol. The van der Waals surface area contributed by atoms with E-state index in [1.54, 1.807) is 52.0 Å². The molecule has 0 radical (unpaired) electrons. The first-order valence-corrected chi connectivity index (χ1v) is 9.54. The van der Waals surface area contributed by atoms with E-state index in [-0.39, 0.29) is 23.1 Å². The summed E-state index contributed by atoms with van der Waals surface area (Å²) in [4.78, 5) is 51.8. The van der Waals surface area contributed by atoms with E-state index in [4.69, 9.17) is 9.47 Å². The number of amides is 1. The molecule has 1 unspecified atom stereocenters. The van der Waals surface area contributed by atoms with Gasteiger partial charge in [-0.2, -0.15) is 0 Å². The number of carbonyl (C=O) groups excluding carboxylic acids is 4. The number of hydrogen-bond donors (Lipinski definition) is 2. The molecule has 2 rings (SSSR count). The number of Topliss-reactive ketones (excluding diaryl/α,β-unsaturated/α-hetero) is 1. The number of anilines is 1. The standard InChI is InChI=1S/C22H26N2O6/c1-11(2)29-21(27)18-12(3)19(23-13(18)4)22(28)30-15(6)20(26)24-17-10-8-7-9-16(17)14(5)25/h7-11,15,23H,1-6H3,(H,24,26). The number of aryl methyl sites for hydroxylation is 1. The molecule has 1 aromatic heterocycles. The molecule has 0 saturated carbocycles. The zero-order chi connectivity index (χ0) is 22.6. The van der Waals surface area contributed by atoms with Crippen molar-refractivity contribution in [1.29, 1.82) is 0 Å². The number of aromatic amines is 1. The third-order valence-electron chi connectivity index (χ3n) is 4.41. The Balaban J connectivity index is 2.14. The lowest BCUT2D eigenvalue weighted by Crippen LogP contribution is -2.30. The van der Waals surface area contributed by atoms with Gasteiger partial charge >= 0.3 is 11.9 Å². The molecule has 2 N–H and O–H groups in total. The van der Waals surface area contributed by atoms with Crippen molar-refractivity contribution in [2.75, 3.05) is 5.32 Å². The Morgan fingerprint density at radius 2 is 1.60 bits per heavy atom. The number of ether oxygens (including phenoxy) is 2. The summed E-state index contributed by atoms with van der Waals surface area (Å²) in [6, 6.07) is 6.56. The third kappa shape index (κ3) is 5.14. The fourth-order valence-corrected chi connectivity index (χ4v) is 2.94. The van der Waals surface area contributed by atoms with Crippen LogP contribution in [0.4, 0.5) is 5.69 Å². The van der Waals surface area contributed by atoms with E-state index < -0.39 is 23.9 Å². The maximum Gasteiger partial charge on any atom is 0.355 e. The molecule has 1 amide bonds. The van der Waals surface area contributed by atoms with Crippen LogP contribution in [0.1, 0.15) is 70.2 Å². The highest BCUT2D eigenvalue weighted by atomic mass is 16.6. The van der Waals surface area contributed by atoms with Crippen molar-refractivity contribution in [3.63, 3.8) is 0 Å². The van der Waals surface area contributed by atoms with E-state index in [1.807, 2.05) is 0 Å². The number of rotatable bonds is 7. The molecule has 1 heterocycles. The summed E-state index contributed by atoms with van der Waals surface area (Å²) in [5, 5.41) is 2.60. The van der Waals surface area contributed by atoms with Crippen LogP contribution >= 0.6 is 0 Å². The Morgan fingerprint density at radius 1 is 0.967 bits per heavy atom. The van der Waals surface area contributed by atoms with Gasteiger partial charge in [-0.25, -0.2) is 9.59 Å². The number of benzene rings is 1. The summed E-state index contributed by atoms with van der Waals surface area (Å²) >= 11 is 0. The largest absolute Gasteiger partial charge is 0.459 e. The van der Waals surface area contributed by atoms with E-state index in [1.165, 1.54) is 13.8 Å². The van der Waals surface area contributed by atoms with Crippen molar-refractivity contribution in [2.24, 2.45) is 0 Å².